The molecule has 4 aromatic carbocycles. The molecular weight excluding hydrogens is 444 g/mol. The lowest BCUT2D eigenvalue weighted by Gasteiger charge is -2.17. The minimum absolute atomic E-state index is 0.0470. The zero-order chi connectivity index (χ0) is 24.6. The first-order valence-electron chi connectivity index (χ1n) is 12.0. The van der Waals surface area contributed by atoms with Gasteiger partial charge in [0.1, 0.15) is 0 Å². The molecule has 0 radical (unpaired) electrons. The number of rotatable bonds is 5. The van der Waals surface area contributed by atoms with Crippen LogP contribution in [-0.2, 0) is 6.42 Å². The van der Waals surface area contributed by atoms with Crippen LogP contribution < -0.4 is 5.73 Å². The lowest BCUT2D eigenvalue weighted by atomic mass is 9.99. The number of fused-ring (bicyclic) bond motifs is 4. The smallest absolute Gasteiger partial charge is 0.0995 e. The number of nitrogens with zero attached hydrogens (tertiary/aromatic N) is 3. The monoisotopic (exact) mass is 468 g/mol. The highest BCUT2D eigenvalue weighted by molar-refractivity contribution is 6.16. The molecule has 2 aromatic heterocycles. The number of aromatic nitrogens is 2. The normalized spacial score (nSPS) is 11.3. The lowest BCUT2D eigenvalue weighted by Crippen LogP contribution is -2.07. The van der Waals surface area contributed by atoms with E-state index in [2.05, 4.69) is 53.1 Å². The van der Waals surface area contributed by atoms with Gasteiger partial charge < -0.3 is 15.4 Å². The number of nitriles is 1. The fourth-order valence-corrected chi connectivity index (χ4v) is 5.25. The summed E-state index contributed by atoms with van der Waals surface area (Å²) in [5.41, 5.74) is 14.6. The van der Waals surface area contributed by atoms with E-state index in [-0.39, 0.29) is 6.61 Å². The van der Waals surface area contributed by atoms with Crippen LogP contribution in [0.2, 0.25) is 0 Å². The van der Waals surface area contributed by atoms with E-state index in [1.807, 2.05) is 36.5 Å². The van der Waals surface area contributed by atoms with E-state index in [1.165, 1.54) is 0 Å². The molecule has 36 heavy (non-hydrogen) atoms. The van der Waals surface area contributed by atoms with Gasteiger partial charge in [0, 0.05) is 34.5 Å². The Bertz CT molecular complexity index is 1810. The Morgan fingerprint density at radius 2 is 1.72 bits per heavy atom. The topological polar surface area (TPSA) is 87.9 Å². The maximum atomic E-state index is 9.87. The van der Waals surface area contributed by atoms with Crippen molar-refractivity contribution in [1.82, 2.24) is 9.55 Å². The van der Waals surface area contributed by atoms with Gasteiger partial charge in [0.2, 0.25) is 0 Å². The van der Waals surface area contributed by atoms with Crippen LogP contribution in [0, 0.1) is 11.3 Å². The number of aliphatic hydroxyl groups excluding tert-OH is 1. The van der Waals surface area contributed by atoms with Crippen LogP contribution in [0.15, 0.2) is 91.1 Å². The Morgan fingerprint density at radius 3 is 2.58 bits per heavy atom. The first-order chi connectivity index (χ1) is 17.7. The molecule has 0 aliphatic rings. The Morgan fingerprint density at radius 1 is 0.917 bits per heavy atom. The van der Waals surface area contributed by atoms with Crippen molar-refractivity contribution in [3.63, 3.8) is 0 Å². The Hall–Kier alpha value is -4.66. The molecule has 0 fully saturated rings. The minimum Gasteiger partial charge on any atom is -0.397 e. The van der Waals surface area contributed by atoms with Crippen LogP contribution in [-0.4, -0.2) is 21.3 Å². The summed E-state index contributed by atoms with van der Waals surface area (Å²) in [4.78, 5) is 4.71. The van der Waals surface area contributed by atoms with Gasteiger partial charge >= 0.3 is 0 Å². The van der Waals surface area contributed by atoms with Gasteiger partial charge in [-0.2, -0.15) is 5.26 Å². The molecule has 0 unspecified atom stereocenters. The fraction of sp³-hybridized carbons (Fsp3) is 0.0968. The van der Waals surface area contributed by atoms with Crippen LogP contribution in [0.4, 0.5) is 5.69 Å². The maximum Gasteiger partial charge on any atom is 0.0995 e. The summed E-state index contributed by atoms with van der Waals surface area (Å²) in [6, 6.07) is 30.8. The van der Waals surface area contributed by atoms with Crippen molar-refractivity contribution in [2.24, 2.45) is 0 Å². The van der Waals surface area contributed by atoms with Crippen LogP contribution in [0.5, 0.6) is 0 Å². The molecule has 0 spiro atoms. The molecule has 0 saturated heterocycles. The summed E-state index contributed by atoms with van der Waals surface area (Å²) >= 11 is 0. The highest BCUT2D eigenvalue weighted by Gasteiger charge is 2.21. The number of nitrogen functional groups attached to an aromatic ring is 1. The number of pyridine rings is 1. The van der Waals surface area contributed by atoms with Gasteiger partial charge in [0.25, 0.3) is 0 Å². The van der Waals surface area contributed by atoms with Crippen molar-refractivity contribution in [2.45, 2.75) is 12.8 Å². The van der Waals surface area contributed by atoms with Gasteiger partial charge in [-0.3, -0.25) is 4.98 Å². The van der Waals surface area contributed by atoms with Crippen LogP contribution in [0.3, 0.4) is 0 Å². The molecule has 2 heterocycles. The van der Waals surface area contributed by atoms with Crippen molar-refractivity contribution in [3.05, 3.63) is 102 Å². The highest BCUT2D eigenvalue weighted by atomic mass is 16.2. The SMILES string of the molecule is N#Cc1ccc(N)c(-n2c3ccccc3c3c(-c4cnc5ccccc5c4)cccc32)c1CCCO. The third kappa shape index (κ3) is 3.39. The van der Waals surface area contributed by atoms with E-state index in [9.17, 15) is 10.4 Å². The molecule has 5 heteroatoms. The lowest BCUT2D eigenvalue weighted by molar-refractivity contribution is 0.288. The van der Waals surface area contributed by atoms with Gasteiger partial charge in [-0.15, -0.1) is 0 Å². The number of hydrogen-bond acceptors (Lipinski definition) is 4. The van der Waals surface area contributed by atoms with E-state index in [0.29, 0.717) is 24.1 Å². The van der Waals surface area contributed by atoms with Gasteiger partial charge in [0.05, 0.1) is 39.6 Å². The van der Waals surface area contributed by atoms with E-state index < -0.39 is 0 Å². The van der Waals surface area contributed by atoms with Crippen LogP contribution in [0.1, 0.15) is 17.5 Å². The second-order valence-corrected chi connectivity index (χ2v) is 8.94. The number of para-hydroxylation sites is 2. The van der Waals surface area contributed by atoms with Gasteiger partial charge in [-0.25, -0.2) is 0 Å². The van der Waals surface area contributed by atoms with Crippen molar-refractivity contribution < 1.29 is 5.11 Å². The van der Waals surface area contributed by atoms with Gasteiger partial charge in [-0.1, -0.05) is 48.5 Å². The Balaban J connectivity index is 1.71. The first kappa shape index (κ1) is 21.8. The number of nitrogens with two attached hydrogens (primary N) is 1. The Kier molecular flexibility index (Phi) is 5.37. The van der Waals surface area contributed by atoms with E-state index in [4.69, 9.17) is 10.7 Å². The fourth-order valence-electron chi connectivity index (χ4n) is 5.25. The molecule has 3 N–H and O–H groups in total. The molecule has 174 valence electrons. The molecule has 0 saturated carbocycles. The number of benzene rings is 4. The average Bonchev–Trinajstić information content (AvgIpc) is 3.26. The standard InChI is InChI=1S/C31H24N4O/c32-18-21-14-15-26(33)31(24(21)10-6-16-36)35-28-12-4-2-8-25(28)30-23(9-5-13-29(30)35)22-17-20-7-1-3-11-27(20)34-19-22/h1-5,7-9,11-15,17,19,36H,6,10,16,33H2. The summed E-state index contributed by atoms with van der Waals surface area (Å²) in [5.74, 6) is 0. The van der Waals surface area contributed by atoms with Crippen molar-refractivity contribution in [3.8, 4) is 22.9 Å². The summed E-state index contributed by atoms with van der Waals surface area (Å²) < 4.78 is 2.17. The minimum atomic E-state index is 0.0470. The highest BCUT2D eigenvalue weighted by Crippen LogP contribution is 2.41. The predicted octanol–water partition coefficient (Wildman–Crippen LogP) is 6.38. The van der Waals surface area contributed by atoms with Crippen molar-refractivity contribution in [1.29, 1.82) is 5.26 Å². The van der Waals surface area contributed by atoms with Crippen LogP contribution in [0.25, 0.3) is 49.5 Å². The van der Waals surface area contributed by atoms with E-state index in [0.717, 1.165) is 55.1 Å². The largest absolute Gasteiger partial charge is 0.397 e. The zero-order valence-corrected chi connectivity index (χ0v) is 19.6. The molecule has 0 bridgehead atoms. The molecule has 0 amide bonds. The van der Waals surface area contributed by atoms with Gasteiger partial charge in [-0.05, 0) is 60.4 Å². The summed E-state index contributed by atoms with van der Waals surface area (Å²) in [7, 11) is 0. The average molecular weight is 469 g/mol. The predicted molar refractivity (Wildman–Crippen MR) is 146 cm³/mol. The zero-order valence-electron chi connectivity index (χ0n) is 19.6. The third-order valence-corrected chi connectivity index (χ3v) is 6.84. The molecule has 6 aromatic rings. The molecular formula is C31H24N4O. The summed E-state index contributed by atoms with van der Waals surface area (Å²) in [6.07, 6.45) is 3.04. The summed E-state index contributed by atoms with van der Waals surface area (Å²) in [6.45, 7) is 0.0470. The van der Waals surface area contributed by atoms with E-state index >= 15 is 0 Å². The molecule has 0 atom stereocenters. The van der Waals surface area contributed by atoms with E-state index in [1.54, 1.807) is 12.1 Å². The molecule has 0 aliphatic heterocycles. The second-order valence-electron chi connectivity index (χ2n) is 8.94. The summed E-state index contributed by atoms with van der Waals surface area (Å²) in [5, 5.41) is 22.7. The Labute approximate surface area is 208 Å². The number of hydrogen-bond donors (Lipinski definition) is 2. The van der Waals surface area contributed by atoms with Crippen LogP contribution >= 0.6 is 0 Å². The number of aliphatic hydroxyl groups is 1. The molecule has 0 aliphatic carbocycles. The second kappa shape index (κ2) is 8.84. The molecule has 6 rings (SSSR count). The van der Waals surface area contributed by atoms with Crippen molar-refractivity contribution in [2.75, 3.05) is 12.3 Å². The maximum absolute atomic E-state index is 9.87. The quantitative estimate of drug-likeness (QED) is 0.288. The number of anilines is 1. The van der Waals surface area contributed by atoms with Gasteiger partial charge in [0.15, 0.2) is 0 Å². The molecule has 5 nitrogen and oxygen atoms in total. The first-order valence-corrected chi connectivity index (χ1v) is 12.0. The third-order valence-electron chi connectivity index (χ3n) is 6.84. The van der Waals surface area contributed by atoms with Crippen molar-refractivity contribution >= 4 is 38.4 Å².